The molecule has 0 radical (unpaired) electrons. The minimum atomic E-state index is -4.11. The van der Waals surface area contributed by atoms with E-state index in [1.807, 2.05) is 60.7 Å². The van der Waals surface area contributed by atoms with Crippen LogP contribution >= 0.6 is 57.6 Å². The zero-order chi connectivity index (χ0) is 31.6. The third-order valence-corrected chi connectivity index (χ3v) is 10.3. The Hall–Kier alpha value is -3.03. The maximum absolute atomic E-state index is 13.9. The Kier molecular flexibility index (Phi) is 9.96. The third kappa shape index (κ3) is 7.10. The topological polar surface area (TPSA) is 85.3 Å². The molecule has 226 valence electrons. The maximum atomic E-state index is 13.9. The van der Waals surface area contributed by atoms with Crippen LogP contribution in [0.4, 0.5) is 11.4 Å². The van der Waals surface area contributed by atoms with Crippen LogP contribution in [0.25, 0.3) is 6.08 Å². The molecule has 0 N–H and O–H groups in total. The summed E-state index contributed by atoms with van der Waals surface area (Å²) in [6.07, 6.45) is 1.71. The molecule has 1 heterocycles. The molecule has 0 aliphatic carbocycles. The molecule has 44 heavy (non-hydrogen) atoms. The average molecular weight is 780 g/mol. The first-order valence-electron chi connectivity index (χ1n) is 13.3. The normalized spacial score (nSPS) is 15.3. The quantitative estimate of drug-likeness (QED) is 0.101. The van der Waals surface area contributed by atoms with Crippen LogP contribution in [-0.2, 0) is 14.9 Å². The van der Waals surface area contributed by atoms with Crippen molar-refractivity contribution >= 4 is 96.2 Å². The van der Waals surface area contributed by atoms with Crippen LogP contribution in [0.15, 0.2) is 93.7 Å². The number of halogens is 3. The molecule has 1 aliphatic heterocycles. The zero-order valence-electron chi connectivity index (χ0n) is 23.7. The summed E-state index contributed by atoms with van der Waals surface area (Å²) in [5.41, 5.74) is 3.56. The molecule has 1 saturated heterocycles. The predicted octanol–water partition coefficient (Wildman–Crippen LogP) is 9.19. The number of thioether (sulfide) groups is 1. The van der Waals surface area contributed by atoms with Gasteiger partial charge in [-0.15, -0.1) is 0 Å². The number of nitrogens with zero attached hydrogens (tertiary/aromatic N) is 2. The van der Waals surface area contributed by atoms with Crippen LogP contribution in [0.2, 0.25) is 10.0 Å². The highest BCUT2D eigenvalue weighted by molar-refractivity contribution is 14.1. The van der Waals surface area contributed by atoms with Gasteiger partial charge in [0, 0.05) is 10.0 Å². The van der Waals surface area contributed by atoms with Crippen molar-refractivity contribution in [3.8, 4) is 11.5 Å². The second-order valence-corrected chi connectivity index (χ2v) is 14.2. The van der Waals surface area contributed by atoms with Crippen LogP contribution < -0.4 is 13.8 Å². The molecule has 0 atom stereocenters. The first-order chi connectivity index (χ1) is 21.0. The summed E-state index contributed by atoms with van der Waals surface area (Å²) in [6, 6.07) is 22.1. The van der Waals surface area contributed by atoms with E-state index in [9.17, 15) is 13.2 Å². The van der Waals surface area contributed by atoms with Gasteiger partial charge in [-0.05, 0) is 126 Å². The molecule has 1 fully saturated rings. The molecule has 7 nitrogen and oxygen atoms in total. The Morgan fingerprint density at radius 2 is 1.64 bits per heavy atom. The molecular formula is C32H25Cl2IN2O5S2. The van der Waals surface area contributed by atoms with Crippen molar-refractivity contribution in [1.82, 2.24) is 0 Å². The minimum absolute atomic E-state index is 0.0235. The summed E-state index contributed by atoms with van der Waals surface area (Å²) in [4.78, 5) is 20.6. The molecule has 0 aromatic heterocycles. The molecule has 4 aromatic rings. The van der Waals surface area contributed by atoms with E-state index >= 15 is 0 Å². The summed E-state index contributed by atoms with van der Waals surface area (Å²) in [6.45, 7) is 5.84. The van der Waals surface area contributed by atoms with E-state index < -0.39 is 10.1 Å². The van der Waals surface area contributed by atoms with Crippen LogP contribution in [-0.4, -0.2) is 26.1 Å². The first-order valence-corrected chi connectivity index (χ1v) is 17.3. The molecule has 4 aromatic carbocycles. The highest BCUT2D eigenvalue weighted by Gasteiger charge is 2.35. The summed E-state index contributed by atoms with van der Waals surface area (Å²) in [7, 11) is -4.11. The van der Waals surface area contributed by atoms with E-state index in [0.717, 1.165) is 11.1 Å². The van der Waals surface area contributed by atoms with Crippen LogP contribution in [0, 0.1) is 17.4 Å². The third-order valence-electron chi connectivity index (χ3n) is 6.45. The van der Waals surface area contributed by atoms with Crippen molar-refractivity contribution in [2.75, 3.05) is 11.5 Å². The van der Waals surface area contributed by atoms with Crippen LogP contribution in [0.3, 0.4) is 0 Å². The van der Waals surface area contributed by atoms with Gasteiger partial charge in [0.15, 0.2) is 16.7 Å². The Bertz CT molecular complexity index is 1930. The Morgan fingerprint density at radius 1 is 0.955 bits per heavy atom. The van der Waals surface area contributed by atoms with Crippen molar-refractivity contribution in [2.24, 2.45) is 4.99 Å². The Labute approximate surface area is 284 Å². The van der Waals surface area contributed by atoms with Gasteiger partial charge in [-0.3, -0.25) is 9.69 Å². The van der Waals surface area contributed by atoms with Crippen molar-refractivity contribution in [1.29, 1.82) is 0 Å². The second kappa shape index (κ2) is 13.5. The number of rotatable bonds is 8. The molecule has 1 amide bonds. The number of anilines is 1. The van der Waals surface area contributed by atoms with Gasteiger partial charge in [0.1, 0.15) is 4.90 Å². The van der Waals surface area contributed by atoms with Gasteiger partial charge in [-0.25, -0.2) is 4.99 Å². The fourth-order valence-electron chi connectivity index (χ4n) is 4.17. The number of ether oxygens (including phenoxy) is 1. The molecular weight excluding hydrogens is 754 g/mol. The Morgan fingerprint density at radius 3 is 2.30 bits per heavy atom. The van der Waals surface area contributed by atoms with Gasteiger partial charge >= 0.3 is 10.1 Å². The van der Waals surface area contributed by atoms with Crippen LogP contribution in [0.1, 0.15) is 23.6 Å². The lowest BCUT2D eigenvalue weighted by molar-refractivity contribution is -0.113. The Balaban J connectivity index is 1.56. The van der Waals surface area contributed by atoms with Crippen molar-refractivity contribution in [2.45, 2.75) is 25.7 Å². The number of hydrogen-bond donors (Lipinski definition) is 0. The van der Waals surface area contributed by atoms with Crippen LogP contribution in [0.5, 0.6) is 11.5 Å². The van der Waals surface area contributed by atoms with E-state index in [-0.39, 0.29) is 28.9 Å². The zero-order valence-corrected chi connectivity index (χ0v) is 29.0. The van der Waals surface area contributed by atoms with Gasteiger partial charge in [-0.1, -0.05) is 53.5 Å². The number of amides is 1. The number of amidine groups is 1. The van der Waals surface area contributed by atoms with Gasteiger partial charge < -0.3 is 8.92 Å². The lowest BCUT2D eigenvalue weighted by Crippen LogP contribution is -2.28. The number of aryl methyl sites for hydroxylation is 2. The standard InChI is InChI=1S/C32H25Cl2IN2O5S2/c1-4-41-28-15-21(14-27(35)30(28)42-44(39,40)24-8-6-5-7-9-24)16-29-31(38)37(23-13-11-20(3)26(34)18-23)32(43-29)36-22-12-10-19(2)25(33)17-22/h5-18H,4H2,1-3H3/b29-16+,36-32?. The molecule has 1 aliphatic rings. The maximum Gasteiger partial charge on any atom is 0.339 e. The highest BCUT2D eigenvalue weighted by Crippen LogP contribution is 2.41. The average Bonchev–Trinajstić information content (AvgIpc) is 3.28. The van der Waals surface area contributed by atoms with E-state index in [0.29, 0.717) is 40.6 Å². The molecule has 0 saturated carbocycles. The van der Waals surface area contributed by atoms with Gasteiger partial charge in [0.25, 0.3) is 5.91 Å². The fraction of sp³-hybridized carbons (Fsp3) is 0.125. The molecule has 0 bridgehead atoms. The van der Waals surface area contributed by atoms with E-state index in [1.165, 1.54) is 28.8 Å². The van der Waals surface area contributed by atoms with Crippen molar-refractivity contribution < 1.29 is 22.1 Å². The number of hydrogen-bond acceptors (Lipinski definition) is 7. The van der Waals surface area contributed by atoms with E-state index in [2.05, 4.69) is 0 Å². The first kappa shape index (κ1) is 32.4. The van der Waals surface area contributed by atoms with Crippen molar-refractivity contribution in [3.63, 3.8) is 0 Å². The summed E-state index contributed by atoms with van der Waals surface area (Å²) in [5.74, 6) is -0.00308. The fourth-order valence-corrected chi connectivity index (χ4v) is 7.38. The van der Waals surface area contributed by atoms with E-state index in [1.54, 1.807) is 55.5 Å². The lowest BCUT2D eigenvalue weighted by Gasteiger charge is -2.17. The van der Waals surface area contributed by atoms with E-state index in [4.69, 9.17) is 37.1 Å². The number of carbonyl (C=O) groups is 1. The molecule has 0 unspecified atom stereocenters. The SMILES string of the molecule is CCOc1cc(/C=C2/SC(=Nc3ccc(C)c(Cl)c3)N(c3ccc(C)c(Cl)c3)C2=O)cc(I)c1OS(=O)(=O)c1ccccc1. The number of aliphatic imine (C=N–C) groups is 1. The number of carbonyl (C=O) groups excluding carboxylic acids is 1. The predicted molar refractivity (Wildman–Crippen MR) is 187 cm³/mol. The number of benzene rings is 4. The highest BCUT2D eigenvalue weighted by atomic mass is 127. The smallest absolute Gasteiger partial charge is 0.339 e. The van der Waals surface area contributed by atoms with Gasteiger partial charge in [-0.2, -0.15) is 8.42 Å². The van der Waals surface area contributed by atoms with Gasteiger partial charge in [0.05, 0.1) is 26.5 Å². The summed E-state index contributed by atoms with van der Waals surface area (Å²) < 4.78 is 37.8. The molecule has 5 rings (SSSR count). The molecule has 12 heteroatoms. The summed E-state index contributed by atoms with van der Waals surface area (Å²) >= 11 is 16.0. The largest absolute Gasteiger partial charge is 0.490 e. The minimum Gasteiger partial charge on any atom is -0.490 e. The summed E-state index contributed by atoms with van der Waals surface area (Å²) in [5, 5.41) is 1.51. The van der Waals surface area contributed by atoms with Crippen molar-refractivity contribution in [3.05, 3.63) is 114 Å². The molecule has 0 spiro atoms. The van der Waals surface area contributed by atoms with Gasteiger partial charge in [0.2, 0.25) is 0 Å². The monoisotopic (exact) mass is 778 g/mol. The second-order valence-electron chi connectivity index (χ2n) is 9.63. The lowest BCUT2D eigenvalue weighted by atomic mass is 10.1.